The summed E-state index contributed by atoms with van der Waals surface area (Å²) >= 11 is 0. The van der Waals surface area contributed by atoms with Crippen LogP contribution in [0.5, 0.6) is 0 Å². The highest BCUT2D eigenvalue weighted by molar-refractivity contribution is 5.98. The van der Waals surface area contributed by atoms with Crippen LogP contribution < -0.4 is 5.32 Å². The molecule has 5 nitrogen and oxygen atoms in total. The molecule has 1 saturated carbocycles. The van der Waals surface area contributed by atoms with Gasteiger partial charge in [0.2, 0.25) is 5.91 Å². The minimum Gasteiger partial charge on any atom is -0.391 e. The van der Waals surface area contributed by atoms with Crippen molar-refractivity contribution in [3.05, 3.63) is 29.8 Å². The lowest BCUT2D eigenvalue weighted by molar-refractivity contribution is -0.117. The van der Waals surface area contributed by atoms with E-state index in [9.17, 15) is 14.7 Å². The van der Waals surface area contributed by atoms with Gasteiger partial charge in [0.05, 0.1) is 6.10 Å². The molecule has 2 aliphatic rings. The van der Waals surface area contributed by atoms with Gasteiger partial charge in [-0.15, -0.1) is 0 Å². The fraction of sp³-hybridized carbons (Fsp3) is 0.467. The Balaban J connectivity index is 1.70. The van der Waals surface area contributed by atoms with Gasteiger partial charge in [0.15, 0.2) is 0 Å². The van der Waals surface area contributed by atoms with Crippen molar-refractivity contribution in [2.24, 2.45) is 5.92 Å². The average Bonchev–Trinajstić information content (AvgIpc) is 3.21. The van der Waals surface area contributed by atoms with E-state index in [1.165, 1.54) is 0 Å². The van der Waals surface area contributed by atoms with Crippen molar-refractivity contribution in [1.29, 1.82) is 0 Å². The number of aliphatic hydroxyl groups is 1. The summed E-state index contributed by atoms with van der Waals surface area (Å²) in [5.74, 6) is 0.0818. The van der Waals surface area contributed by atoms with Crippen LogP contribution in [0.1, 0.15) is 29.6 Å². The van der Waals surface area contributed by atoms with Crippen molar-refractivity contribution in [3.8, 4) is 0 Å². The molecule has 1 aliphatic heterocycles. The van der Waals surface area contributed by atoms with Crippen molar-refractivity contribution >= 4 is 17.5 Å². The molecule has 0 bridgehead atoms. The highest BCUT2D eigenvalue weighted by Gasteiger charge is 2.30. The molecular weight excluding hydrogens is 256 g/mol. The fourth-order valence-corrected chi connectivity index (χ4v) is 2.43. The number of hydrogen-bond acceptors (Lipinski definition) is 3. The van der Waals surface area contributed by atoms with E-state index in [1.807, 2.05) is 0 Å². The van der Waals surface area contributed by atoms with Crippen LogP contribution in [-0.4, -0.2) is 41.0 Å². The minimum atomic E-state index is -0.420. The number of amides is 2. The van der Waals surface area contributed by atoms with Crippen LogP contribution in [0.3, 0.4) is 0 Å². The van der Waals surface area contributed by atoms with E-state index in [4.69, 9.17) is 0 Å². The SMILES string of the molecule is O=C(Nc1cccc(C(=O)N2CC[C@H](O)C2)c1)C1CC1. The smallest absolute Gasteiger partial charge is 0.254 e. The van der Waals surface area contributed by atoms with Crippen LogP contribution in [0.2, 0.25) is 0 Å². The zero-order valence-electron chi connectivity index (χ0n) is 11.2. The Bertz CT molecular complexity index is 540. The molecular formula is C15H18N2O3. The largest absolute Gasteiger partial charge is 0.391 e. The molecule has 0 aromatic heterocycles. The summed E-state index contributed by atoms with van der Waals surface area (Å²) < 4.78 is 0. The number of hydrogen-bond donors (Lipinski definition) is 2. The molecule has 1 heterocycles. The summed E-state index contributed by atoms with van der Waals surface area (Å²) in [6.45, 7) is 0.968. The Kier molecular flexibility index (Phi) is 3.44. The molecule has 0 unspecified atom stereocenters. The zero-order valence-corrected chi connectivity index (χ0v) is 11.2. The van der Waals surface area contributed by atoms with Gasteiger partial charge in [0.25, 0.3) is 5.91 Å². The van der Waals surface area contributed by atoms with Crippen LogP contribution in [-0.2, 0) is 4.79 Å². The minimum absolute atomic E-state index is 0.0335. The fourth-order valence-electron chi connectivity index (χ4n) is 2.43. The van der Waals surface area contributed by atoms with Crippen molar-refractivity contribution in [3.63, 3.8) is 0 Å². The molecule has 2 fully saturated rings. The maximum Gasteiger partial charge on any atom is 0.254 e. The number of benzene rings is 1. The normalized spacial score (nSPS) is 21.9. The second kappa shape index (κ2) is 5.25. The van der Waals surface area contributed by atoms with Crippen LogP contribution in [0, 0.1) is 5.92 Å². The Labute approximate surface area is 117 Å². The third-order valence-electron chi connectivity index (χ3n) is 3.78. The highest BCUT2D eigenvalue weighted by atomic mass is 16.3. The first-order valence-electron chi connectivity index (χ1n) is 7.02. The first-order valence-corrected chi connectivity index (χ1v) is 7.02. The van der Waals surface area contributed by atoms with Crippen molar-refractivity contribution in [1.82, 2.24) is 4.90 Å². The molecule has 1 aliphatic carbocycles. The molecule has 2 N–H and O–H groups in total. The molecule has 0 radical (unpaired) electrons. The van der Waals surface area contributed by atoms with Gasteiger partial charge in [0.1, 0.15) is 0 Å². The van der Waals surface area contributed by atoms with E-state index in [0.29, 0.717) is 30.8 Å². The zero-order chi connectivity index (χ0) is 14.1. The summed E-state index contributed by atoms with van der Waals surface area (Å²) in [6.07, 6.45) is 2.12. The molecule has 106 valence electrons. The first-order chi connectivity index (χ1) is 9.63. The van der Waals surface area contributed by atoms with Crippen molar-refractivity contribution in [2.75, 3.05) is 18.4 Å². The molecule has 5 heteroatoms. The van der Waals surface area contributed by atoms with Gasteiger partial charge in [-0.2, -0.15) is 0 Å². The first kappa shape index (κ1) is 13.1. The molecule has 3 rings (SSSR count). The summed E-state index contributed by atoms with van der Waals surface area (Å²) in [5, 5.41) is 12.3. The van der Waals surface area contributed by atoms with E-state index in [1.54, 1.807) is 29.2 Å². The second-order valence-electron chi connectivity index (χ2n) is 5.54. The van der Waals surface area contributed by atoms with E-state index in [-0.39, 0.29) is 17.7 Å². The topological polar surface area (TPSA) is 69.6 Å². The lowest BCUT2D eigenvalue weighted by Crippen LogP contribution is -2.29. The van der Waals surface area contributed by atoms with Gasteiger partial charge >= 0.3 is 0 Å². The predicted octanol–water partition coefficient (Wildman–Crippen LogP) is 1.24. The number of nitrogens with zero attached hydrogens (tertiary/aromatic N) is 1. The number of carbonyl (C=O) groups is 2. The molecule has 0 spiro atoms. The lowest BCUT2D eigenvalue weighted by Gasteiger charge is -2.16. The molecule has 2 amide bonds. The Hall–Kier alpha value is -1.88. The van der Waals surface area contributed by atoms with Gasteiger partial charge in [-0.1, -0.05) is 6.07 Å². The van der Waals surface area contributed by atoms with Crippen molar-refractivity contribution < 1.29 is 14.7 Å². The maximum atomic E-state index is 12.3. The van der Waals surface area contributed by atoms with E-state index in [2.05, 4.69) is 5.32 Å². The summed E-state index contributed by atoms with van der Waals surface area (Å²) in [4.78, 5) is 25.6. The van der Waals surface area contributed by atoms with Gasteiger partial charge in [-0.05, 0) is 37.5 Å². The summed E-state index contributed by atoms with van der Waals surface area (Å²) in [6, 6.07) is 6.99. The lowest BCUT2D eigenvalue weighted by atomic mass is 10.1. The third kappa shape index (κ3) is 2.82. The number of aliphatic hydroxyl groups excluding tert-OH is 1. The van der Waals surface area contributed by atoms with Crippen LogP contribution in [0.25, 0.3) is 0 Å². The summed E-state index contributed by atoms with van der Waals surface area (Å²) in [7, 11) is 0. The maximum absolute atomic E-state index is 12.3. The quantitative estimate of drug-likeness (QED) is 0.871. The monoisotopic (exact) mass is 274 g/mol. The number of carbonyl (C=O) groups excluding carboxylic acids is 2. The predicted molar refractivity (Wildman–Crippen MR) is 74.3 cm³/mol. The number of β-amino-alcohol motifs (C(OH)–C–C–N with tert-alkyl or cyclic N) is 1. The summed E-state index contributed by atoms with van der Waals surface area (Å²) in [5.41, 5.74) is 1.21. The number of nitrogens with one attached hydrogen (secondary N) is 1. The molecule has 1 aromatic rings. The molecule has 1 aromatic carbocycles. The third-order valence-corrected chi connectivity index (χ3v) is 3.78. The Morgan fingerprint density at radius 2 is 2.05 bits per heavy atom. The Morgan fingerprint density at radius 3 is 2.70 bits per heavy atom. The molecule has 1 saturated heterocycles. The molecule has 1 atom stereocenters. The molecule has 20 heavy (non-hydrogen) atoms. The average molecular weight is 274 g/mol. The van der Waals surface area contributed by atoms with E-state index >= 15 is 0 Å². The van der Waals surface area contributed by atoms with Crippen LogP contribution in [0.4, 0.5) is 5.69 Å². The number of anilines is 1. The second-order valence-corrected chi connectivity index (χ2v) is 5.54. The number of rotatable bonds is 3. The highest BCUT2D eigenvalue weighted by Crippen LogP contribution is 2.30. The van der Waals surface area contributed by atoms with Gasteiger partial charge < -0.3 is 15.3 Å². The van der Waals surface area contributed by atoms with Crippen LogP contribution >= 0.6 is 0 Å². The van der Waals surface area contributed by atoms with Gasteiger partial charge in [0, 0.05) is 30.3 Å². The van der Waals surface area contributed by atoms with Gasteiger partial charge in [-0.3, -0.25) is 9.59 Å². The van der Waals surface area contributed by atoms with E-state index < -0.39 is 6.10 Å². The van der Waals surface area contributed by atoms with Crippen LogP contribution in [0.15, 0.2) is 24.3 Å². The Morgan fingerprint density at radius 1 is 1.25 bits per heavy atom. The standard InChI is InChI=1S/C15H18N2O3/c18-13-6-7-17(9-13)15(20)11-2-1-3-12(8-11)16-14(19)10-4-5-10/h1-3,8,10,13,18H,4-7,9H2,(H,16,19)/t13-/m0/s1. The van der Waals surface area contributed by atoms with Crippen molar-refractivity contribution in [2.45, 2.75) is 25.4 Å². The van der Waals surface area contributed by atoms with E-state index in [0.717, 1.165) is 12.8 Å². The number of likely N-dealkylation sites (tertiary alicyclic amines) is 1. The van der Waals surface area contributed by atoms with Gasteiger partial charge in [-0.25, -0.2) is 0 Å².